The molecule has 214 valence electrons. The molecule has 2 heteroatoms. The first-order chi connectivity index (χ1) is 26.2. The summed E-state index contributed by atoms with van der Waals surface area (Å²) in [6.45, 7) is 0. The highest BCUT2D eigenvalue weighted by Crippen LogP contribution is 2.47. The molecule has 2 aromatic heterocycles. The molecule has 0 aliphatic carbocycles. The summed E-state index contributed by atoms with van der Waals surface area (Å²) in [4.78, 5) is 0. The Balaban J connectivity index is 1.40. The molecule has 0 spiro atoms. The van der Waals surface area contributed by atoms with Crippen LogP contribution in [0.25, 0.3) is 98.8 Å². The van der Waals surface area contributed by atoms with Crippen molar-refractivity contribution in [3.63, 3.8) is 0 Å². The number of furan rings is 2. The van der Waals surface area contributed by atoms with E-state index < -0.39 is 24.2 Å². The minimum Gasteiger partial charge on any atom is -0.456 e. The lowest BCUT2D eigenvalue weighted by atomic mass is 9.84. The summed E-state index contributed by atoms with van der Waals surface area (Å²) in [6.07, 6.45) is 0. The van der Waals surface area contributed by atoms with Gasteiger partial charge in [0.05, 0.1) is 11.0 Å². The normalized spacial score (nSPS) is 14.3. The molecule has 0 bridgehead atoms. The zero-order valence-electron chi connectivity index (χ0n) is 32.2. The third kappa shape index (κ3) is 3.59. The highest BCUT2D eigenvalue weighted by Gasteiger charge is 2.21. The van der Waals surface area contributed by atoms with E-state index in [-0.39, 0.29) is 51.3 Å². The van der Waals surface area contributed by atoms with Crippen LogP contribution in [-0.4, -0.2) is 0 Å². The van der Waals surface area contributed by atoms with Crippen molar-refractivity contribution >= 4 is 65.4 Å². The number of rotatable bonds is 3. The van der Waals surface area contributed by atoms with E-state index in [2.05, 4.69) is 0 Å². The molecular weight excluding hydrogens is 560 g/mol. The van der Waals surface area contributed by atoms with Crippen molar-refractivity contribution in [3.8, 4) is 33.4 Å². The van der Waals surface area contributed by atoms with Crippen molar-refractivity contribution in [2.75, 3.05) is 0 Å². The number of benzene rings is 8. The third-order valence-corrected chi connectivity index (χ3v) is 8.92. The maximum atomic E-state index is 9.37. The van der Waals surface area contributed by atoms with E-state index in [0.717, 1.165) is 38.3 Å². The molecule has 0 aliphatic heterocycles. The van der Waals surface area contributed by atoms with Crippen LogP contribution in [0.5, 0.6) is 0 Å². The first-order valence-electron chi connectivity index (χ1n) is 19.0. The molecule has 0 radical (unpaired) electrons. The van der Waals surface area contributed by atoms with Crippen molar-refractivity contribution in [3.05, 3.63) is 158 Å². The number of para-hydroxylation sites is 1. The second kappa shape index (κ2) is 9.69. The fraction of sp³-hybridized carbons (Fsp3) is 0. The first kappa shape index (κ1) is 18.6. The Morgan fingerprint density at radius 2 is 0.913 bits per heavy atom. The van der Waals surface area contributed by atoms with Gasteiger partial charge >= 0.3 is 0 Å². The first-order valence-corrected chi connectivity index (χ1v) is 15.0. The van der Waals surface area contributed by atoms with E-state index in [0.29, 0.717) is 33.4 Å². The average Bonchev–Trinajstić information content (AvgIpc) is 3.77. The molecular formula is C44H26O2. The van der Waals surface area contributed by atoms with Crippen molar-refractivity contribution in [1.82, 2.24) is 0 Å². The molecule has 0 amide bonds. The Bertz CT molecular complexity index is 3170. The molecule has 0 unspecified atom stereocenters. The van der Waals surface area contributed by atoms with E-state index in [4.69, 9.17) is 14.3 Å². The average molecular weight is 595 g/mol. The van der Waals surface area contributed by atoms with Crippen LogP contribution in [0.4, 0.5) is 0 Å². The number of hydrogen-bond donors (Lipinski definition) is 0. The van der Waals surface area contributed by atoms with Crippen molar-refractivity contribution in [1.29, 1.82) is 0 Å². The summed E-state index contributed by atoms with van der Waals surface area (Å²) in [5, 5.41) is 4.14. The van der Waals surface area contributed by atoms with Crippen molar-refractivity contribution in [2.24, 2.45) is 0 Å². The van der Waals surface area contributed by atoms with Gasteiger partial charge in [0.25, 0.3) is 0 Å². The number of hydrogen-bond acceptors (Lipinski definition) is 2. The van der Waals surface area contributed by atoms with E-state index in [1.165, 1.54) is 0 Å². The summed E-state index contributed by atoms with van der Waals surface area (Å²) in [5.41, 5.74) is 5.81. The Kier molecular flexibility index (Phi) is 3.92. The molecule has 0 atom stereocenters. The van der Waals surface area contributed by atoms with Gasteiger partial charge in [-0.3, -0.25) is 0 Å². The van der Waals surface area contributed by atoms with Crippen LogP contribution in [0.1, 0.15) is 11.0 Å². The van der Waals surface area contributed by atoms with Gasteiger partial charge in [0, 0.05) is 21.5 Å². The van der Waals surface area contributed by atoms with E-state index in [9.17, 15) is 5.48 Å². The number of fused-ring (bicyclic) bond motifs is 9. The van der Waals surface area contributed by atoms with Gasteiger partial charge < -0.3 is 8.83 Å². The van der Waals surface area contributed by atoms with Gasteiger partial charge in [-0.1, -0.05) is 127 Å². The van der Waals surface area contributed by atoms with E-state index >= 15 is 0 Å². The largest absolute Gasteiger partial charge is 0.456 e. The summed E-state index contributed by atoms with van der Waals surface area (Å²) in [6, 6.07) is 31.0. The summed E-state index contributed by atoms with van der Waals surface area (Å²) in [5.74, 6) is 0. The summed E-state index contributed by atoms with van der Waals surface area (Å²) in [7, 11) is 0. The van der Waals surface area contributed by atoms with Crippen LogP contribution in [-0.2, 0) is 0 Å². The predicted molar refractivity (Wildman–Crippen MR) is 192 cm³/mol. The minimum absolute atomic E-state index is 0.148. The molecule has 2 heterocycles. The molecule has 0 fully saturated rings. The van der Waals surface area contributed by atoms with Gasteiger partial charge in [0.2, 0.25) is 0 Å². The molecule has 10 rings (SSSR count). The molecule has 0 aliphatic rings. The Hall–Kier alpha value is -6.12. The lowest BCUT2D eigenvalue weighted by molar-refractivity contribution is 0.663. The van der Waals surface area contributed by atoms with Crippen LogP contribution in [0.15, 0.2) is 166 Å². The van der Waals surface area contributed by atoms with Gasteiger partial charge in [0.15, 0.2) is 0 Å². The molecule has 46 heavy (non-hydrogen) atoms. The van der Waals surface area contributed by atoms with Gasteiger partial charge in [-0.15, -0.1) is 0 Å². The second-order valence-corrected chi connectivity index (χ2v) is 11.4. The molecule has 10 aromatic rings. The second-order valence-electron chi connectivity index (χ2n) is 11.4. The monoisotopic (exact) mass is 594 g/mol. The molecule has 2 nitrogen and oxygen atoms in total. The van der Waals surface area contributed by atoms with Crippen LogP contribution >= 0.6 is 0 Å². The minimum atomic E-state index is -0.449. The SMILES string of the molecule is [2H]c1c([2H])c([2H])c2c(-c3ccccc3-c3ccccc3)c3c([2H])c([2H])c([2H])c([2H])c3c(-c3ccc4c(c3)oc3ccc5oc6ccccc6c5c34)c2c1[2H]. The van der Waals surface area contributed by atoms with Crippen LogP contribution < -0.4 is 0 Å². The van der Waals surface area contributed by atoms with Gasteiger partial charge in [-0.05, 0) is 85.3 Å². The Labute approximate surface area is 276 Å². The molecule has 0 N–H and O–H groups in total. The Morgan fingerprint density at radius 1 is 0.370 bits per heavy atom. The summed E-state index contributed by atoms with van der Waals surface area (Å²) >= 11 is 0. The highest BCUT2D eigenvalue weighted by atomic mass is 16.3. The van der Waals surface area contributed by atoms with Gasteiger partial charge in [0.1, 0.15) is 22.3 Å². The Morgan fingerprint density at radius 3 is 1.61 bits per heavy atom. The fourth-order valence-electron chi connectivity index (χ4n) is 6.99. The molecule has 0 saturated carbocycles. The lowest BCUT2D eigenvalue weighted by Gasteiger charge is -2.19. The molecule has 0 saturated heterocycles. The standard InChI is InChI=1S/C44H26O2/c1-2-12-27(13-3-1)29-14-4-5-15-30(29)42-33-18-8-6-16-31(33)41(32-17-7-9-19-34(32)42)28-22-23-36-40(26-28)46-39-25-24-38-43(44(36)39)35-20-10-11-21-37(35)45-38/h1-26H/i6D,7D,8D,9D,16D,17D,18D,19D. The van der Waals surface area contributed by atoms with Crippen LogP contribution in [0, 0.1) is 0 Å². The zero-order chi connectivity index (χ0) is 37.2. The maximum absolute atomic E-state index is 9.37. The lowest BCUT2D eigenvalue weighted by Crippen LogP contribution is -1.92. The van der Waals surface area contributed by atoms with Gasteiger partial charge in [-0.2, -0.15) is 0 Å². The zero-order valence-corrected chi connectivity index (χ0v) is 24.2. The fourth-order valence-corrected chi connectivity index (χ4v) is 6.99. The maximum Gasteiger partial charge on any atom is 0.136 e. The van der Waals surface area contributed by atoms with Crippen molar-refractivity contribution in [2.45, 2.75) is 0 Å². The quantitative estimate of drug-likeness (QED) is 0.190. The highest BCUT2D eigenvalue weighted by molar-refractivity contribution is 6.27. The predicted octanol–water partition coefficient (Wildman–Crippen LogP) is 12.8. The van der Waals surface area contributed by atoms with E-state index in [1.54, 1.807) is 6.07 Å². The third-order valence-electron chi connectivity index (χ3n) is 8.92. The molecule has 8 aromatic carbocycles. The van der Waals surface area contributed by atoms with Gasteiger partial charge in [-0.25, -0.2) is 0 Å². The van der Waals surface area contributed by atoms with Crippen LogP contribution in [0.2, 0.25) is 0 Å². The van der Waals surface area contributed by atoms with Crippen LogP contribution in [0.3, 0.4) is 0 Å². The summed E-state index contributed by atoms with van der Waals surface area (Å²) < 4.78 is 85.4. The topological polar surface area (TPSA) is 26.3 Å². The smallest absolute Gasteiger partial charge is 0.136 e. The van der Waals surface area contributed by atoms with Crippen molar-refractivity contribution < 1.29 is 19.8 Å². The van der Waals surface area contributed by atoms with E-state index in [1.807, 2.05) is 103 Å².